The average molecular weight is 361 g/mol. The lowest BCUT2D eigenvalue weighted by atomic mass is 10.0. The first-order valence-corrected chi connectivity index (χ1v) is 9.20. The quantitative estimate of drug-likeness (QED) is 0.853. The number of ether oxygens (including phenoxy) is 1. The first-order valence-electron chi connectivity index (χ1n) is 8.21. The van der Waals surface area contributed by atoms with Gasteiger partial charge in [0.15, 0.2) is 0 Å². The summed E-state index contributed by atoms with van der Waals surface area (Å²) in [4.78, 5) is 17.1. The molecule has 0 saturated carbocycles. The zero-order valence-electron chi connectivity index (χ0n) is 13.9. The molecule has 2 N–H and O–H groups in total. The lowest BCUT2D eigenvalue weighted by Crippen LogP contribution is -2.38. The molecule has 1 aliphatic rings. The number of benzene rings is 1. The van der Waals surface area contributed by atoms with Gasteiger partial charge in [0.25, 0.3) is 0 Å². The fourth-order valence-corrected chi connectivity index (χ4v) is 3.89. The molecule has 0 radical (unpaired) electrons. The third-order valence-corrected chi connectivity index (χ3v) is 5.06. The van der Waals surface area contributed by atoms with E-state index in [4.69, 9.17) is 4.74 Å². The molecule has 1 aromatic carbocycles. The Hall–Kier alpha value is -2.28. The molecule has 3 rings (SSSR count). The van der Waals surface area contributed by atoms with Crippen LogP contribution in [0.4, 0.5) is 9.18 Å². The molecular formula is C18H20FN3O2S. The number of rotatable bonds is 5. The molecule has 1 atom stereocenters. The van der Waals surface area contributed by atoms with Crippen LogP contribution in [0.5, 0.6) is 5.88 Å². The normalized spacial score (nSPS) is 16.0. The van der Waals surface area contributed by atoms with E-state index in [0.717, 1.165) is 23.3 Å². The Labute approximate surface area is 150 Å². The van der Waals surface area contributed by atoms with Crippen molar-refractivity contribution < 1.29 is 13.9 Å². The lowest BCUT2D eigenvalue weighted by molar-refractivity contribution is 0.235. The highest BCUT2D eigenvalue weighted by Gasteiger charge is 2.24. The number of carbonyl (C=O) groups is 1. The van der Waals surface area contributed by atoms with Crippen molar-refractivity contribution in [3.05, 3.63) is 53.5 Å². The van der Waals surface area contributed by atoms with Gasteiger partial charge in [0, 0.05) is 29.0 Å². The molecule has 0 bridgehead atoms. The highest BCUT2D eigenvalue weighted by atomic mass is 32.2. The van der Waals surface area contributed by atoms with Crippen LogP contribution in [-0.2, 0) is 6.54 Å². The predicted molar refractivity (Wildman–Crippen MR) is 95.3 cm³/mol. The Bertz CT molecular complexity index is 757. The largest absolute Gasteiger partial charge is 0.478 e. The van der Waals surface area contributed by atoms with Crippen LogP contribution in [0.15, 0.2) is 41.4 Å². The number of hydrogen-bond donors (Lipinski definition) is 2. The Kier molecular flexibility index (Phi) is 5.75. The molecule has 2 heterocycles. The second-order valence-corrected chi connectivity index (χ2v) is 6.68. The second-order valence-electron chi connectivity index (χ2n) is 5.58. The van der Waals surface area contributed by atoms with E-state index in [0.29, 0.717) is 23.9 Å². The summed E-state index contributed by atoms with van der Waals surface area (Å²) >= 11 is 1.49. The Morgan fingerprint density at radius 1 is 1.40 bits per heavy atom. The topological polar surface area (TPSA) is 63.2 Å². The van der Waals surface area contributed by atoms with Crippen LogP contribution < -0.4 is 15.4 Å². The number of hydrogen-bond acceptors (Lipinski definition) is 4. The van der Waals surface area contributed by atoms with Crippen LogP contribution in [0.3, 0.4) is 0 Å². The zero-order valence-corrected chi connectivity index (χ0v) is 14.7. The van der Waals surface area contributed by atoms with Crippen molar-refractivity contribution >= 4 is 17.8 Å². The van der Waals surface area contributed by atoms with Crippen LogP contribution in [0, 0.1) is 5.82 Å². The maximum atomic E-state index is 13.9. The predicted octanol–water partition coefficient (Wildman–Crippen LogP) is 3.66. The number of amides is 2. The second kappa shape index (κ2) is 8.20. The van der Waals surface area contributed by atoms with E-state index in [1.807, 2.05) is 19.1 Å². The number of fused-ring (bicyclic) bond motifs is 1. The zero-order chi connectivity index (χ0) is 17.6. The minimum absolute atomic E-state index is 0.188. The fraction of sp³-hybridized carbons (Fsp3) is 0.333. The maximum Gasteiger partial charge on any atom is 0.315 e. The van der Waals surface area contributed by atoms with Crippen molar-refractivity contribution in [3.63, 3.8) is 0 Å². The molecule has 132 valence electrons. The molecule has 2 aromatic rings. The number of halogens is 1. The van der Waals surface area contributed by atoms with Gasteiger partial charge in [0.05, 0.1) is 12.6 Å². The number of nitrogens with one attached hydrogen (secondary N) is 2. The number of carbonyl (C=O) groups excluding carboxylic acids is 1. The molecule has 0 aliphatic carbocycles. The van der Waals surface area contributed by atoms with Crippen molar-refractivity contribution in [1.29, 1.82) is 0 Å². The maximum absolute atomic E-state index is 13.9. The van der Waals surface area contributed by atoms with E-state index < -0.39 is 0 Å². The molecule has 7 heteroatoms. The summed E-state index contributed by atoms with van der Waals surface area (Å²) in [6.45, 7) is 2.71. The van der Waals surface area contributed by atoms with Crippen molar-refractivity contribution in [1.82, 2.24) is 15.6 Å². The van der Waals surface area contributed by atoms with E-state index in [1.54, 1.807) is 18.3 Å². The fourth-order valence-electron chi connectivity index (χ4n) is 2.75. The van der Waals surface area contributed by atoms with Crippen LogP contribution in [0.1, 0.15) is 30.5 Å². The van der Waals surface area contributed by atoms with E-state index in [2.05, 4.69) is 15.6 Å². The summed E-state index contributed by atoms with van der Waals surface area (Å²) in [5.74, 6) is 1.06. The Morgan fingerprint density at radius 3 is 3.12 bits per heavy atom. The summed E-state index contributed by atoms with van der Waals surface area (Å²) in [5.41, 5.74) is 1.65. The lowest BCUT2D eigenvalue weighted by Gasteiger charge is -2.26. The Balaban J connectivity index is 1.62. The van der Waals surface area contributed by atoms with Gasteiger partial charge in [0.1, 0.15) is 5.82 Å². The number of urea groups is 1. The van der Waals surface area contributed by atoms with Crippen LogP contribution in [0.2, 0.25) is 0 Å². The number of aromatic nitrogens is 1. The smallest absolute Gasteiger partial charge is 0.315 e. The molecule has 1 aromatic heterocycles. The van der Waals surface area contributed by atoms with Gasteiger partial charge in [0.2, 0.25) is 5.88 Å². The first kappa shape index (κ1) is 17.5. The monoisotopic (exact) mass is 361 g/mol. The molecule has 2 amide bonds. The van der Waals surface area contributed by atoms with Gasteiger partial charge in [-0.1, -0.05) is 18.2 Å². The SMILES string of the molecule is CCOc1ncccc1CNC(=O)NC1CCSc2c(F)cccc21. The van der Waals surface area contributed by atoms with Crippen molar-refractivity contribution in [2.24, 2.45) is 0 Å². The summed E-state index contributed by atoms with van der Waals surface area (Å²) in [7, 11) is 0. The molecule has 1 aliphatic heterocycles. The molecule has 0 fully saturated rings. The third-order valence-electron chi connectivity index (χ3n) is 3.90. The molecule has 5 nitrogen and oxygen atoms in total. The molecule has 25 heavy (non-hydrogen) atoms. The van der Waals surface area contributed by atoms with E-state index >= 15 is 0 Å². The molecule has 0 spiro atoms. The first-order chi connectivity index (χ1) is 12.2. The summed E-state index contributed by atoms with van der Waals surface area (Å²) in [6.07, 6.45) is 2.42. The van der Waals surface area contributed by atoms with Gasteiger partial charge in [-0.15, -0.1) is 11.8 Å². The highest BCUT2D eigenvalue weighted by molar-refractivity contribution is 7.99. The third kappa shape index (κ3) is 4.22. The van der Waals surface area contributed by atoms with Gasteiger partial charge in [-0.2, -0.15) is 0 Å². The number of thioether (sulfide) groups is 1. The van der Waals surface area contributed by atoms with E-state index in [-0.39, 0.29) is 17.9 Å². The van der Waals surface area contributed by atoms with Gasteiger partial charge in [-0.3, -0.25) is 0 Å². The van der Waals surface area contributed by atoms with Crippen LogP contribution in [0.25, 0.3) is 0 Å². The summed E-state index contributed by atoms with van der Waals surface area (Å²) in [5, 5.41) is 5.75. The van der Waals surface area contributed by atoms with E-state index in [1.165, 1.54) is 17.8 Å². The minimum Gasteiger partial charge on any atom is -0.478 e. The minimum atomic E-state index is -0.293. The van der Waals surface area contributed by atoms with Crippen LogP contribution >= 0.6 is 11.8 Å². The Morgan fingerprint density at radius 2 is 2.28 bits per heavy atom. The number of pyridine rings is 1. The average Bonchev–Trinajstić information content (AvgIpc) is 2.62. The molecule has 1 unspecified atom stereocenters. The van der Waals surface area contributed by atoms with E-state index in [9.17, 15) is 9.18 Å². The van der Waals surface area contributed by atoms with Crippen molar-refractivity contribution in [3.8, 4) is 5.88 Å². The van der Waals surface area contributed by atoms with Crippen LogP contribution in [-0.4, -0.2) is 23.4 Å². The van der Waals surface area contributed by atoms with Gasteiger partial charge in [-0.05, 0) is 31.0 Å². The van der Waals surface area contributed by atoms with Crippen molar-refractivity contribution in [2.75, 3.05) is 12.4 Å². The standard InChI is InChI=1S/C18H20FN3O2S/c1-2-24-17-12(5-4-9-20-17)11-21-18(23)22-15-8-10-25-16-13(15)6-3-7-14(16)19/h3-7,9,15H,2,8,10-11H2,1H3,(H2,21,22,23). The van der Waals surface area contributed by atoms with Gasteiger partial charge in [-0.25, -0.2) is 14.2 Å². The summed E-state index contributed by atoms with van der Waals surface area (Å²) in [6, 6.07) is 8.17. The molecule has 0 saturated heterocycles. The number of nitrogens with zero attached hydrogens (tertiary/aromatic N) is 1. The summed E-state index contributed by atoms with van der Waals surface area (Å²) < 4.78 is 19.4. The van der Waals surface area contributed by atoms with Gasteiger partial charge >= 0.3 is 6.03 Å². The van der Waals surface area contributed by atoms with Gasteiger partial charge < -0.3 is 15.4 Å². The van der Waals surface area contributed by atoms with Crippen molar-refractivity contribution in [2.45, 2.75) is 30.8 Å². The molecular weight excluding hydrogens is 341 g/mol. The highest BCUT2D eigenvalue weighted by Crippen LogP contribution is 2.37.